The lowest BCUT2D eigenvalue weighted by atomic mass is 10.3. The summed E-state index contributed by atoms with van der Waals surface area (Å²) in [5.74, 6) is -0.0354. The maximum atomic E-state index is 12.3. The van der Waals surface area contributed by atoms with E-state index in [9.17, 15) is 9.59 Å². The van der Waals surface area contributed by atoms with Crippen molar-refractivity contribution in [2.24, 2.45) is 0 Å². The van der Waals surface area contributed by atoms with Crippen LogP contribution < -0.4 is 10.9 Å². The predicted molar refractivity (Wildman–Crippen MR) is 96.0 cm³/mol. The maximum absolute atomic E-state index is 12.3. The predicted octanol–water partition coefficient (Wildman–Crippen LogP) is 1.87. The van der Waals surface area contributed by atoms with E-state index in [1.165, 1.54) is 18.0 Å². The topological polar surface area (TPSA) is 92.7 Å². The van der Waals surface area contributed by atoms with Crippen molar-refractivity contribution in [2.45, 2.75) is 36.2 Å². The number of carbonyl (C=O) groups excluding carboxylic acids is 1. The number of aromatic amines is 1. The molecule has 1 saturated carbocycles. The molecule has 1 fully saturated rings. The number of hydrogen-bond acceptors (Lipinski definition) is 5. The Morgan fingerprint density at radius 1 is 1.36 bits per heavy atom. The normalized spacial score (nSPS) is 15.2. The maximum Gasteiger partial charge on any atom is 0.262 e. The molecule has 1 amide bonds. The number of nitrogens with zero attached hydrogens (tertiary/aromatic N) is 3. The molecule has 0 radical (unpaired) electrons. The number of carbonyl (C=O) groups is 1. The van der Waals surface area contributed by atoms with E-state index in [1.54, 1.807) is 11.6 Å². The summed E-state index contributed by atoms with van der Waals surface area (Å²) in [4.78, 5) is 31.7. The smallest absolute Gasteiger partial charge is 0.262 e. The second-order valence-electron chi connectivity index (χ2n) is 6.04. The molecule has 2 heterocycles. The Kier molecular flexibility index (Phi) is 4.04. The minimum Gasteiger partial charge on any atom is -0.352 e. The molecule has 0 spiro atoms. The molecular formula is C17H17N5O2S. The molecule has 3 aromatic rings. The average Bonchev–Trinajstić information content (AvgIpc) is 3.31. The number of amides is 1. The van der Waals surface area contributed by atoms with Crippen LogP contribution in [0.25, 0.3) is 16.7 Å². The minimum absolute atomic E-state index is 0.0354. The average molecular weight is 355 g/mol. The van der Waals surface area contributed by atoms with Gasteiger partial charge in [0.1, 0.15) is 5.39 Å². The SMILES string of the molecule is CC(Sc1nc2c(cnn2-c2ccccc2)c(=O)[nH]1)C(=O)NC1CC1. The summed E-state index contributed by atoms with van der Waals surface area (Å²) >= 11 is 1.24. The summed E-state index contributed by atoms with van der Waals surface area (Å²) in [5, 5.41) is 7.73. The van der Waals surface area contributed by atoms with Crippen molar-refractivity contribution >= 4 is 28.7 Å². The highest BCUT2D eigenvalue weighted by Crippen LogP contribution is 2.24. The van der Waals surface area contributed by atoms with Crippen LogP contribution in [0.2, 0.25) is 0 Å². The summed E-state index contributed by atoms with van der Waals surface area (Å²) in [7, 11) is 0. The fraction of sp³-hybridized carbons (Fsp3) is 0.294. The first-order chi connectivity index (χ1) is 12.1. The van der Waals surface area contributed by atoms with Crippen molar-refractivity contribution in [3.05, 3.63) is 46.9 Å². The van der Waals surface area contributed by atoms with Gasteiger partial charge in [-0.3, -0.25) is 9.59 Å². The van der Waals surface area contributed by atoms with Gasteiger partial charge in [0, 0.05) is 6.04 Å². The number of thioether (sulfide) groups is 1. The van der Waals surface area contributed by atoms with Gasteiger partial charge in [0.15, 0.2) is 10.8 Å². The van der Waals surface area contributed by atoms with Crippen molar-refractivity contribution in [3.63, 3.8) is 0 Å². The summed E-state index contributed by atoms with van der Waals surface area (Å²) < 4.78 is 1.63. The van der Waals surface area contributed by atoms with Crippen molar-refractivity contribution in [3.8, 4) is 5.69 Å². The van der Waals surface area contributed by atoms with Crippen molar-refractivity contribution in [1.82, 2.24) is 25.1 Å². The molecule has 0 bridgehead atoms. The zero-order chi connectivity index (χ0) is 17.4. The van der Waals surface area contributed by atoms with E-state index >= 15 is 0 Å². The third-order valence-corrected chi connectivity index (χ3v) is 4.98. The first-order valence-corrected chi connectivity index (χ1v) is 9.00. The second kappa shape index (κ2) is 6.36. The van der Waals surface area contributed by atoms with Crippen LogP contribution in [-0.2, 0) is 4.79 Å². The number of benzene rings is 1. The zero-order valence-corrected chi connectivity index (χ0v) is 14.4. The molecule has 128 valence electrons. The number of nitrogens with one attached hydrogen (secondary N) is 2. The molecular weight excluding hydrogens is 338 g/mol. The second-order valence-corrected chi connectivity index (χ2v) is 7.37. The third-order valence-electron chi connectivity index (χ3n) is 4.00. The van der Waals surface area contributed by atoms with E-state index in [0.29, 0.717) is 22.2 Å². The molecule has 1 unspecified atom stereocenters. The monoisotopic (exact) mass is 355 g/mol. The van der Waals surface area contributed by atoms with E-state index < -0.39 is 0 Å². The van der Waals surface area contributed by atoms with Crippen LogP contribution in [0.15, 0.2) is 46.5 Å². The lowest BCUT2D eigenvalue weighted by molar-refractivity contribution is -0.120. The molecule has 0 saturated heterocycles. The standard InChI is InChI=1S/C17H17N5O2S/c1-10(15(23)19-11-7-8-11)25-17-20-14-13(16(24)21-17)9-18-22(14)12-5-3-2-4-6-12/h2-6,9-11H,7-8H2,1H3,(H,19,23)(H,20,21,24). The van der Waals surface area contributed by atoms with Gasteiger partial charge in [0.25, 0.3) is 5.56 Å². The van der Waals surface area contributed by atoms with Gasteiger partial charge >= 0.3 is 0 Å². The Bertz CT molecular complexity index is 978. The van der Waals surface area contributed by atoms with E-state index in [0.717, 1.165) is 18.5 Å². The number of fused-ring (bicyclic) bond motifs is 1. The molecule has 2 aromatic heterocycles. The lowest BCUT2D eigenvalue weighted by Gasteiger charge is -2.11. The molecule has 0 aliphatic heterocycles. The number of H-pyrrole nitrogens is 1. The van der Waals surface area contributed by atoms with Crippen molar-refractivity contribution < 1.29 is 4.79 Å². The Hall–Kier alpha value is -2.61. The molecule has 1 aliphatic carbocycles. The first kappa shape index (κ1) is 15.9. The Labute approximate surface area is 147 Å². The summed E-state index contributed by atoms with van der Waals surface area (Å²) in [5.41, 5.74) is 1.04. The zero-order valence-electron chi connectivity index (χ0n) is 13.6. The molecule has 1 atom stereocenters. The van der Waals surface area contributed by atoms with Crippen LogP contribution in [0.5, 0.6) is 0 Å². The van der Waals surface area contributed by atoms with E-state index in [-0.39, 0.29) is 16.7 Å². The first-order valence-electron chi connectivity index (χ1n) is 8.12. The van der Waals surface area contributed by atoms with Gasteiger partial charge in [0.2, 0.25) is 5.91 Å². The highest BCUT2D eigenvalue weighted by Gasteiger charge is 2.26. The highest BCUT2D eigenvalue weighted by atomic mass is 32.2. The highest BCUT2D eigenvalue weighted by molar-refractivity contribution is 8.00. The van der Waals surface area contributed by atoms with Crippen LogP contribution in [0.1, 0.15) is 19.8 Å². The quantitative estimate of drug-likeness (QED) is 0.538. The van der Waals surface area contributed by atoms with Gasteiger partial charge < -0.3 is 10.3 Å². The largest absolute Gasteiger partial charge is 0.352 e. The minimum atomic E-state index is -0.339. The van der Waals surface area contributed by atoms with Gasteiger partial charge in [-0.15, -0.1) is 0 Å². The summed E-state index contributed by atoms with van der Waals surface area (Å²) in [6, 6.07) is 9.81. The molecule has 4 rings (SSSR count). The molecule has 2 N–H and O–H groups in total. The number of rotatable bonds is 5. The Balaban J connectivity index is 1.66. The Morgan fingerprint density at radius 3 is 2.84 bits per heavy atom. The van der Waals surface area contributed by atoms with Crippen molar-refractivity contribution in [2.75, 3.05) is 0 Å². The van der Waals surface area contributed by atoms with E-state index in [1.807, 2.05) is 30.3 Å². The molecule has 8 heteroatoms. The van der Waals surface area contributed by atoms with Crippen LogP contribution in [0.3, 0.4) is 0 Å². The molecule has 7 nitrogen and oxygen atoms in total. The van der Waals surface area contributed by atoms with Gasteiger partial charge in [-0.1, -0.05) is 30.0 Å². The Morgan fingerprint density at radius 2 is 2.12 bits per heavy atom. The fourth-order valence-electron chi connectivity index (χ4n) is 2.48. The number of aromatic nitrogens is 4. The van der Waals surface area contributed by atoms with E-state index in [2.05, 4.69) is 20.4 Å². The van der Waals surface area contributed by atoms with Crippen LogP contribution in [-0.4, -0.2) is 36.9 Å². The van der Waals surface area contributed by atoms with Crippen LogP contribution in [0, 0.1) is 0 Å². The third kappa shape index (κ3) is 3.30. The van der Waals surface area contributed by atoms with Crippen molar-refractivity contribution in [1.29, 1.82) is 0 Å². The van der Waals surface area contributed by atoms with Gasteiger partial charge in [-0.2, -0.15) is 5.10 Å². The molecule has 25 heavy (non-hydrogen) atoms. The molecule has 1 aromatic carbocycles. The number of hydrogen-bond donors (Lipinski definition) is 2. The van der Waals surface area contributed by atoms with Gasteiger partial charge in [0.05, 0.1) is 17.1 Å². The summed E-state index contributed by atoms with van der Waals surface area (Å²) in [6.45, 7) is 1.81. The summed E-state index contributed by atoms with van der Waals surface area (Å²) in [6.07, 6.45) is 3.59. The molecule has 1 aliphatic rings. The van der Waals surface area contributed by atoms with Crippen LogP contribution in [0.4, 0.5) is 0 Å². The number of para-hydroxylation sites is 1. The van der Waals surface area contributed by atoms with E-state index in [4.69, 9.17) is 0 Å². The van der Waals surface area contributed by atoms with Crippen LogP contribution >= 0.6 is 11.8 Å². The fourth-order valence-corrected chi connectivity index (χ4v) is 3.28. The van der Waals surface area contributed by atoms with Gasteiger partial charge in [-0.05, 0) is 31.9 Å². The lowest BCUT2D eigenvalue weighted by Crippen LogP contribution is -2.32. The van der Waals surface area contributed by atoms with Gasteiger partial charge in [-0.25, -0.2) is 9.67 Å².